The number of likely N-dealkylation sites (N-methyl/N-ethyl adjacent to an activating group) is 1. The second-order valence-corrected chi connectivity index (χ2v) is 10.5. The maximum atomic E-state index is 13.0. The standard InChI is InChI=1S/C23H26ClN5O3S.ClH/c1-29-5-4-16-20(10-29)33-23(28-16)22(32)27-18-7-12(11-30)6-17(18)26-21(31)19-9-13-8-14(24)2-3-15(13)25-19;/h2-3,8-9,12,17-18,25,30H,4-7,10-11H2,1H3,(H,26,31)(H,27,32);1H/t12?,17-,18-;/m1./s1. The number of hydrogen-bond acceptors (Lipinski definition) is 6. The topological polar surface area (TPSA) is 110 Å². The van der Waals surface area contributed by atoms with Crippen LogP contribution in [0, 0.1) is 5.92 Å². The van der Waals surface area contributed by atoms with Gasteiger partial charge in [0.05, 0.1) is 5.69 Å². The van der Waals surface area contributed by atoms with Gasteiger partial charge in [0.2, 0.25) is 0 Å². The first-order valence-corrected chi connectivity index (χ1v) is 12.3. The lowest BCUT2D eigenvalue weighted by atomic mass is 10.1. The average molecular weight is 524 g/mol. The molecule has 1 aliphatic carbocycles. The highest BCUT2D eigenvalue weighted by Gasteiger charge is 2.37. The monoisotopic (exact) mass is 523 g/mol. The predicted molar refractivity (Wildman–Crippen MR) is 135 cm³/mol. The molecule has 1 aliphatic heterocycles. The van der Waals surface area contributed by atoms with Crippen molar-refractivity contribution in [1.29, 1.82) is 0 Å². The van der Waals surface area contributed by atoms with Crippen molar-refractivity contribution in [2.75, 3.05) is 20.2 Å². The van der Waals surface area contributed by atoms with Crippen molar-refractivity contribution >= 4 is 58.1 Å². The Morgan fingerprint density at radius 3 is 2.71 bits per heavy atom. The highest BCUT2D eigenvalue weighted by atomic mass is 35.5. The van der Waals surface area contributed by atoms with Gasteiger partial charge in [-0.25, -0.2) is 4.98 Å². The lowest BCUT2D eigenvalue weighted by molar-refractivity contribution is 0.0889. The van der Waals surface area contributed by atoms with Gasteiger partial charge in [0.15, 0.2) is 5.01 Å². The van der Waals surface area contributed by atoms with Gasteiger partial charge in [-0.05, 0) is 50.1 Å². The normalized spacial score (nSPS) is 22.3. The Labute approximate surface area is 212 Å². The van der Waals surface area contributed by atoms with E-state index in [1.807, 2.05) is 6.07 Å². The highest BCUT2D eigenvalue weighted by Crippen LogP contribution is 2.28. The molecule has 8 nitrogen and oxygen atoms in total. The molecule has 5 rings (SSSR count). The highest BCUT2D eigenvalue weighted by molar-refractivity contribution is 7.13. The molecule has 0 radical (unpaired) electrons. The van der Waals surface area contributed by atoms with E-state index in [4.69, 9.17) is 11.6 Å². The van der Waals surface area contributed by atoms with E-state index in [0.29, 0.717) is 28.6 Å². The number of aliphatic hydroxyl groups excluding tert-OH is 1. The number of aliphatic hydroxyl groups is 1. The van der Waals surface area contributed by atoms with Gasteiger partial charge in [0.1, 0.15) is 5.69 Å². The lowest BCUT2D eigenvalue weighted by Gasteiger charge is -2.21. The number of fused-ring (bicyclic) bond motifs is 2. The van der Waals surface area contributed by atoms with Gasteiger partial charge in [-0.3, -0.25) is 9.59 Å². The predicted octanol–water partition coefficient (Wildman–Crippen LogP) is 2.99. The van der Waals surface area contributed by atoms with Gasteiger partial charge in [-0.15, -0.1) is 23.7 Å². The van der Waals surface area contributed by atoms with Crippen molar-refractivity contribution in [3.05, 3.63) is 50.6 Å². The first-order valence-electron chi connectivity index (χ1n) is 11.1. The number of benzene rings is 1. The van der Waals surface area contributed by atoms with Gasteiger partial charge in [0, 0.05) is 59.0 Å². The minimum absolute atomic E-state index is 0. The average Bonchev–Trinajstić information content (AvgIpc) is 3.49. The molecular weight excluding hydrogens is 497 g/mol. The second-order valence-electron chi connectivity index (χ2n) is 8.97. The summed E-state index contributed by atoms with van der Waals surface area (Å²) in [5.41, 5.74) is 2.26. The summed E-state index contributed by atoms with van der Waals surface area (Å²) < 4.78 is 0. The molecule has 1 unspecified atom stereocenters. The molecule has 1 saturated carbocycles. The SMILES string of the molecule is CN1CCc2nc(C(=O)N[C@@H]3CC(CO)C[C@H]3NC(=O)c3cc4cc(Cl)ccc4[nH]3)sc2C1.Cl. The second kappa shape index (κ2) is 10.2. The summed E-state index contributed by atoms with van der Waals surface area (Å²) in [6, 6.07) is 6.61. The number of nitrogens with zero attached hydrogens (tertiary/aromatic N) is 2. The Hall–Kier alpha value is -2.17. The minimum atomic E-state index is -0.283. The van der Waals surface area contributed by atoms with Crippen molar-refractivity contribution in [3.8, 4) is 0 Å². The van der Waals surface area contributed by atoms with Crippen LogP contribution >= 0.6 is 35.3 Å². The first kappa shape index (κ1) is 24.9. The van der Waals surface area contributed by atoms with E-state index in [9.17, 15) is 14.7 Å². The zero-order chi connectivity index (χ0) is 23.1. The number of aromatic amines is 1. The zero-order valence-corrected chi connectivity index (χ0v) is 21.0. The summed E-state index contributed by atoms with van der Waals surface area (Å²) in [5.74, 6) is -0.460. The summed E-state index contributed by atoms with van der Waals surface area (Å²) in [6.07, 6.45) is 2.04. The Bertz CT molecular complexity index is 1210. The van der Waals surface area contributed by atoms with Gasteiger partial charge in [0.25, 0.3) is 11.8 Å². The molecule has 1 fully saturated rings. The number of nitrogens with one attached hydrogen (secondary N) is 3. The molecule has 3 atom stereocenters. The molecule has 0 saturated heterocycles. The summed E-state index contributed by atoms with van der Waals surface area (Å²) in [4.78, 5) is 37.0. The van der Waals surface area contributed by atoms with E-state index in [-0.39, 0.29) is 48.8 Å². The van der Waals surface area contributed by atoms with Crippen LogP contribution in [0.5, 0.6) is 0 Å². The number of carbonyl (C=O) groups excluding carboxylic acids is 2. The smallest absolute Gasteiger partial charge is 0.280 e. The van der Waals surface area contributed by atoms with E-state index in [0.717, 1.165) is 41.0 Å². The van der Waals surface area contributed by atoms with Crippen molar-refractivity contribution in [2.45, 2.75) is 37.9 Å². The summed E-state index contributed by atoms with van der Waals surface area (Å²) in [6.45, 7) is 1.76. The van der Waals surface area contributed by atoms with Crippen molar-refractivity contribution in [1.82, 2.24) is 25.5 Å². The molecule has 11 heteroatoms. The molecule has 2 amide bonds. The number of rotatable bonds is 5. The summed E-state index contributed by atoms with van der Waals surface area (Å²) in [5, 5.41) is 17.7. The first-order chi connectivity index (χ1) is 15.9. The lowest BCUT2D eigenvalue weighted by Crippen LogP contribution is -2.48. The van der Waals surface area contributed by atoms with Crippen LogP contribution < -0.4 is 10.6 Å². The number of hydrogen-bond donors (Lipinski definition) is 4. The Balaban J connectivity index is 0.00000274. The van der Waals surface area contributed by atoms with Crippen LogP contribution in [-0.4, -0.2) is 64.1 Å². The van der Waals surface area contributed by atoms with Crippen LogP contribution in [0.4, 0.5) is 0 Å². The van der Waals surface area contributed by atoms with E-state index < -0.39 is 0 Å². The Morgan fingerprint density at radius 2 is 1.97 bits per heavy atom. The minimum Gasteiger partial charge on any atom is -0.396 e. The maximum absolute atomic E-state index is 13.0. The van der Waals surface area contributed by atoms with Crippen LogP contribution in [0.1, 0.15) is 43.7 Å². The molecule has 3 aromatic rings. The molecule has 3 heterocycles. The number of halogens is 2. The third kappa shape index (κ3) is 5.08. The third-order valence-corrected chi connectivity index (χ3v) is 7.81. The molecule has 1 aromatic carbocycles. The maximum Gasteiger partial charge on any atom is 0.280 e. The van der Waals surface area contributed by atoms with Crippen molar-refractivity contribution in [2.24, 2.45) is 5.92 Å². The zero-order valence-electron chi connectivity index (χ0n) is 18.6. The van der Waals surface area contributed by atoms with Crippen LogP contribution in [0.15, 0.2) is 24.3 Å². The number of aromatic nitrogens is 2. The molecule has 0 spiro atoms. The van der Waals surface area contributed by atoms with Crippen LogP contribution in [0.3, 0.4) is 0 Å². The fourth-order valence-electron chi connectivity index (χ4n) is 4.73. The fourth-order valence-corrected chi connectivity index (χ4v) is 6.01. The molecule has 0 bridgehead atoms. The van der Waals surface area contributed by atoms with E-state index >= 15 is 0 Å². The molecule has 34 heavy (non-hydrogen) atoms. The van der Waals surface area contributed by atoms with E-state index in [2.05, 4.69) is 32.5 Å². The van der Waals surface area contributed by atoms with Crippen molar-refractivity contribution < 1.29 is 14.7 Å². The molecule has 182 valence electrons. The number of carbonyl (C=O) groups is 2. The van der Waals surface area contributed by atoms with Crippen LogP contribution in [-0.2, 0) is 13.0 Å². The Morgan fingerprint density at radius 1 is 1.24 bits per heavy atom. The van der Waals surface area contributed by atoms with Crippen LogP contribution in [0.2, 0.25) is 5.02 Å². The summed E-state index contributed by atoms with van der Waals surface area (Å²) >= 11 is 7.49. The van der Waals surface area contributed by atoms with E-state index in [1.165, 1.54) is 11.3 Å². The van der Waals surface area contributed by atoms with Gasteiger partial charge >= 0.3 is 0 Å². The third-order valence-electron chi connectivity index (χ3n) is 6.50. The van der Waals surface area contributed by atoms with Gasteiger partial charge in [-0.1, -0.05) is 11.6 Å². The number of amides is 2. The summed E-state index contributed by atoms with van der Waals surface area (Å²) in [7, 11) is 2.06. The van der Waals surface area contributed by atoms with Gasteiger partial charge in [-0.2, -0.15) is 0 Å². The fraction of sp³-hybridized carbons (Fsp3) is 0.435. The number of thiazole rings is 1. The Kier molecular flexibility index (Phi) is 7.49. The van der Waals surface area contributed by atoms with Crippen molar-refractivity contribution in [3.63, 3.8) is 0 Å². The quantitative estimate of drug-likeness (QED) is 0.410. The van der Waals surface area contributed by atoms with E-state index in [1.54, 1.807) is 18.2 Å². The molecule has 4 N–H and O–H groups in total. The largest absolute Gasteiger partial charge is 0.396 e. The molecular formula is C23H27Cl2N5O3S. The molecule has 2 aromatic heterocycles. The molecule has 2 aliphatic rings. The number of H-pyrrole nitrogens is 1. The van der Waals surface area contributed by atoms with Crippen LogP contribution in [0.25, 0.3) is 10.9 Å². The van der Waals surface area contributed by atoms with Gasteiger partial charge < -0.3 is 25.6 Å².